The molecular formula is C22H15F2NO4. The molecule has 5 nitrogen and oxygen atoms in total. The first-order valence-corrected chi connectivity index (χ1v) is 8.75. The second-order valence-corrected chi connectivity index (χ2v) is 6.66. The molecule has 146 valence electrons. The molecular weight excluding hydrogens is 380 g/mol. The number of aliphatic hydroxyl groups is 1. The number of hydrogen-bond acceptors (Lipinski definition) is 4. The fourth-order valence-corrected chi connectivity index (χ4v) is 3.43. The van der Waals surface area contributed by atoms with E-state index in [2.05, 4.69) is 0 Å². The maximum Gasteiger partial charge on any atom is 0.294 e. The number of rotatable bonds is 4. The lowest BCUT2D eigenvalue weighted by molar-refractivity contribution is -0.117. The molecule has 29 heavy (non-hydrogen) atoms. The normalized spacial score (nSPS) is 16.6. The number of halogens is 2. The highest BCUT2D eigenvalue weighted by Crippen LogP contribution is 2.42. The maximum absolute atomic E-state index is 13.9. The van der Waals surface area contributed by atoms with Crippen LogP contribution in [-0.4, -0.2) is 16.8 Å². The highest BCUT2D eigenvalue weighted by Gasteiger charge is 2.45. The predicted octanol–water partition coefficient (Wildman–Crippen LogP) is 4.65. The Morgan fingerprint density at radius 2 is 1.86 bits per heavy atom. The van der Waals surface area contributed by atoms with E-state index in [-0.39, 0.29) is 17.0 Å². The van der Waals surface area contributed by atoms with Crippen molar-refractivity contribution in [2.24, 2.45) is 0 Å². The number of carbonyl (C=O) groups excluding carboxylic acids is 2. The van der Waals surface area contributed by atoms with Gasteiger partial charge in [-0.25, -0.2) is 8.78 Å². The van der Waals surface area contributed by atoms with Gasteiger partial charge in [0.2, 0.25) is 5.78 Å². The van der Waals surface area contributed by atoms with Crippen LogP contribution < -0.4 is 4.90 Å². The molecule has 0 fully saturated rings. The molecule has 4 rings (SSSR count). The number of benzene rings is 2. The Morgan fingerprint density at radius 1 is 1.07 bits per heavy atom. The van der Waals surface area contributed by atoms with Gasteiger partial charge in [-0.1, -0.05) is 29.8 Å². The summed E-state index contributed by atoms with van der Waals surface area (Å²) in [5.41, 5.74) is 1.20. The Hall–Kier alpha value is -3.74. The molecule has 1 unspecified atom stereocenters. The van der Waals surface area contributed by atoms with Crippen LogP contribution >= 0.6 is 0 Å². The van der Waals surface area contributed by atoms with E-state index in [1.807, 2.05) is 13.0 Å². The van der Waals surface area contributed by atoms with Crippen molar-refractivity contribution >= 4 is 17.4 Å². The zero-order valence-corrected chi connectivity index (χ0v) is 15.2. The molecule has 0 spiro atoms. The zero-order chi connectivity index (χ0) is 20.7. The standard InChI is InChI=1S/C22H15F2NO4/c1-12-4-2-5-13(10-12)19-18(20(26)17-6-3-9-29-17)21(27)22(28)25(19)14-7-8-15(23)16(24)11-14/h2-11,19,27H,1H3. The summed E-state index contributed by atoms with van der Waals surface area (Å²) in [5, 5.41) is 10.5. The molecule has 0 radical (unpaired) electrons. The van der Waals surface area contributed by atoms with Gasteiger partial charge in [-0.05, 0) is 36.8 Å². The average Bonchev–Trinajstić information content (AvgIpc) is 3.32. The molecule has 1 aliphatic rings. The monoisotopic (exact) mass is 395 g/mol. The van der Waals surface area contributed by atoms with E-state index >= 15 is 0 Å². The summed E-state index contributed by atoms with van der Waals surface area (Å²) in [7, 11) is 0. The summed E-state index contributed by atoms with van der Waals surface area (Å²) in [5.74, 6) is -4.60. The number of ketones is 1. The third-order valence-corrected chi connectivity index (χ3v) is 4.74. The Kier molecular flexibility index (Phi) is 4.50. The van der Waals surface area contributed by atoms with Gasteiger partial charge in [0.25, 0.3) is 5.91 Å². The van der Waals surface area contributed by atoms with Gasteiger partial charge in [0, 0.05) is 11.8 Å². The molecule has 1 aromatic heterocycles. The lowest BCUT2D eigenvalue weighted by Gasteiger charge is -2.27. The second-order valence-electron chi connectivity index (χ2n) is 6.66. The summed E-state index contributed by atoms with van der Waals surface area (Å²) < 4.78 is 32.4. The SMILES string of the molecule is Cc1cccc(C2C(C(=O)c3ccco3)=C(O)C(=O)N2c2ccc(F)c(F)c2)c1. The van der Waals surface area contributed by atoms with Crippen LogP contribution in [0, 0.1) is 18.6 Å². The Balaban J connectivity index is 1.91. The number of aryl methyl sites for hydroxylation is 1. The van der Waals surface area contributed by atoms with E-state index in [1.54, 1.807) is 18.2 Å². The Labute approximate surface area is 164 Å². The van der Waals surface area contributed by atoms with Gasteiger partial charge in [-0.3, -0.25) is 14.5 Å². The highest BCUT2D eigenvalue weighted by atomic mass is 19.2. The van der Waals surface area contributed by atoms with E-state index < -0.39 is 35.1 Å². The van der Waals surface area contributed by atoms with Crippen LogP contribution in [0.3, 0.4) is 0 Å². The van der Waals surface area contributed by atoms with Crippen molar-refractivity contribution in [2.45, 2.75) is 13.0 Å². The van der Waals surface area contributed by atoms with Crippen LogP contribution in [-0.2, 0) is 4.79 Å². The van der Waals surface area contributed by atoms with Crippen LogP contribution in [0.2, 0.25) is 0 Å². The summed E-state index contributed by atoms with van der Waals surface area (Å²) >= 11 is 0. The first-order chi connectivity index (χ1) is 13.9. The van der Waals surface area contributed by atoms with Crippen molar-refractivity contribution < 1.29 is 27.9 Å². The van der Waals surface area contributed by atoms with Crippen molar-refractivity contribution in [1.82, 2.24) is 0 Å². The molecule has 2 heterocycles. The number of nitrogens with zero attached hydrogens (tertiary/aromatic N) is 1. The van der Waals surface area contributed by atoms with Gasteiger partial charge >= 0.3 is 0 Å². The number of Topliss-reactive ketones (excluding diaryl/α,β-unsaturated/α-hetero) is 1. The predicted molar refractivity (Wildman–Crippen MR) is 100 cm³/mol. The summed E-state index contributed by atoms with van der Waals surface area (Å²) in [6, 6.07) is 11.8. The number of carbonyl (C=O) groups is 2. The largest absolute Gasteiger partial charge is 0.503 e. The van der Waals surface area contributed by atoms with Gasteiger partial charge in [-0.2, -0.15) is 0 Å². The Morgan fingerprint density at radius 3 is 2.52 bits per heavy atom. The van der Waals surface area contributed by atoms with Crippen molar-refractivity contribution in [1.29, 1.82) is 0 Å². The Bertz CT molecular complexity index is 1150. The first-order valence-electron chi connectivity index (χ1n) is 8.75. The third kappa shape index (κ3) is 3.10. The third-order valence-electron chi connectivity index (χ3n) is 4.74. The van der Waals surface area contributed by atoms with Gasteiger partial charge in [0.15, 0.2) is 23.2 Å². The number of anilines is 1. The summed E-state index contributed by atoms with van der Waals surface area (Å²) in [4.78, 5) is 27.0. The summed E-state index contributed by atoms with van der Waals surface area (Å²) in [6.45, 7) is 1.83. The molecule has 1 aliphatic heterocycles. The average molecular weight is 395 g/mol. The minimum absolute atomic E-state index is 0.00852. The first kappa shape index (κ1) is 18.6. The van der Waals surface area contributed by atoms with E-state index in [1.165, 1.54) is 24.5 Å². The van der Waals surface area contributed by atoms with E-state index in [0.29, 0.717) is 5.56 Å². The van der Waals surface area contributed by atoms with Crippen molar-refractivity contribution in [3.8, 4) is 0 Å². The van der Waals surface area contributed by atoms with Crippen LogP contribution in [0.4, 0.5) is 14.5 Å². The van der Waals surface area contributed by atoms with Crippen LogP contribution in [0.5, 0.6) is 0 Å². The quantitative estimate of drug-likeness (QED) is 0.653. The number of aliphatic hydroxyl groups excluding tert-OH is 1. The number of amides is 1. The molecule has 0 saturated heterocycles. The fourth-order valence-electron chi connectivity index (χ4n) is 3.43. The van der Waals surface area contributed by atoms with E-state index in [0.717, 1.165) is 22.6 Å². The number of hydrogen-bond donors (Lipinski definition) is 1. The fraction of sp³-hybridized carbons (Fsp3) is 0.0909. The van der Waals surface area contributed by atoms with Crippen LogP contribution in [0.15, 0.2) is 76.6 Å². The van der Waals surface area contributed by atoms with Gasteiger partial charge in [0.1, 0.15) is 0 Å². The second kappa shape index (κ2) is 7.01. The van der Waals surface area contributed by atoms with Gasteiger partial charge in [-0.15, -0.1) is 0 Å². The molecule has 0 bridgehead atoms. The van der Waals surface area contributed by atoms with Crippen molar-refractivity contribution in [2.75, 3.05) is 4.90 Å². The molecule has 1 atom stereocenters. The lowest BCUT2D eigenvalue weighted by atomic mass is 9.94. The number of furan rings is 1. The zero-order valence-electron chi connectivity index (χ0n) is 15.2. The van der Waals surface area contributed by atoms with Crippen molar-refractivity contribution in [3.63, 3.8) is 0 Å². The van der Waals surface area contributed by atoms with Gasteiger partial charge in [0.05, 0.1) is 17.9 Å². The van der Waals surface area contributed by atoms with Crippen molar-refractivity contribution in [3.05, 3.63) is 101 Å². The summed E-state index contributed by atoms with van der Waals surface area (Å²) in [6.07, 6.45) is 1.30. The molecule has 7 heteroatoms. The van der Waals surface area contributed by atoms with Gasteiger partial charge < -0.3 is 9.52 Å². The molecule has 2 aromatic carbocycles. The molecule has 0 aliphatic carbocycles. The van der Waals surface area contributed by atoms with Crippen LogP contribution in [0.1, 0.15) is 27.7 Å². The molecule has 3 aromatic rings. The smallest absolute Gasteiger partial charge is 0.294 e. The van der Waals surface area contributed by atoms with E-state index in [4.69, 9.17) is 4.42 Å². The minimum Gasteiger partial charge on any atom is -0.503 e. The van der Waals surface area contributed by atoms with E-state index in [9.17, 15) is 23.5 Å². The topological polar surface area (TPSA) is 70.7 Å². The lowest BCUT2D eigenvalue weighted by Crippen LogP contribution is -2.31. The van der Waals surface area contributed by atoms with Crippen LogP contribution in [0.25, 0.3) is 0 Å². The minimum atomic E-state index is -1.15. The molecule has 1 N–H and O–H groups in total. The highest BCUT2D eigenvalue weighted by molar-refractivity contribution is 6.20. The maximum atomic E-state index is 13.9. The molecule has 0 saturated carbocycles. The molecule has 1 amide bonds.